The molecule has 0 spiro atoms. The SMILES string of the molecule is COCCN(C(=O)C1CC(=O)N(c2ccc(OC)c(OC)c2)C1)c1nc2ccccc2s1. The summed E-state index contributed by atoms with van der Waals surface area (Å²) in [7, 11) is 4.70. The van der Waals surface area contributed by atoms with E-state index < -0.39 is 5.92 Å². The molecule has 2 heterocycles. The molecule has 1 aliphatic heterocycles. The summed E-state index contributed by atoms with van der Waals surface area (Å²) in [4.78, 5) is 34.2. The zero-order valence-electron chi connectivity index (χ0n) is 18.2. The second-order valence-corrected chi connectivity index (χ2v) is 8.40. The standard InChI is InChI=1S/C23H25N3O5S/c1-29-11-10-25(23-24-17-6-4-5-7-20(17)32-23)22(28)15-12-21(27)26(14-15)16-8-9-18(30-2)19(13-16)31-3/h4-9,13,15H,10-12,14H2,1-3H3. The van der Waals surface area contributed by atoms with Crippen LogP contribution in [0, 0.1) is 5.92 Å². The monoisotopic (exact) mass is 455 g/mol. The molecule has 1 unspecified atom stereocenters. The number of hydrogen-bond donors (Lipinski definition) is 0. The average Bonchev–Trinajstić information content (AvgIpc) is 3.42. The van der Waals surface area contributed by atoms with Crippen LogP contribution in [-0.2, 0) is 14.3 Å². The van der Waals surface area contributed by atoms with E-state index >= 15 is 0 Å². The van der Waals surface area contributed by atoms with Crippen LogP contribution in [0.2, 0.25) is 0 Å². The van der Waals surface area contributed by atoms with Crippen molar-refractivity contribution in [2.24, 2.45) is 5.92 Å². The first-order valence-electron chi connectivity index (χ1n) is 10.2. The molecule has 1 aliphatic rings. The minimum atomic E-state index is -0.473. The second kappa shape index (κ2) is 9.54. The number of benzene rings is 2. The van der Waals surface area contributed by atoms with Crippen LogP contribution in [0.15, 0.2) is 42.5 Å². The van der Waals surface area contributed by atoms with Crippen molar-refractivity contribution in [2.45, 2.75) is 6.42 Å². The van der Waals surface area contributed by atoms with Gasteiger partial charge in [0.05, 0.1) is 43.5 Å². The number of anilines is 2. The van der Waals surface area contributed by atoms with Gasteiger partial charge in [0.2, 0.25) is 11.8 Å². The van der Waals surface area contributed by atoms with Gasteiger partial charge in [-0.2, -0.15) is 0 Å². The number of ether oxygens (including phenoxy) is 3. The summed E-state index contributed by atoms with van der Waals surface area (Å²) in [5, 5.41) is 0.616. The zero-order valence-corrected chi connectivity index (χ0v) is 19.1. The molecule has 168 valence electrons. The lowest BCUT2D eigenvalue weighted by Gasteiger charge is -2.23. The Morgan fingerprint density at radius 1 is 1.16 bits per heavy atom. The number of para-hydroxylation sites is 1. The highest BCUT2D eigenvalue weighted by Crippen LogP contribution is 2.35. The van der Waals surface area contributed by atoms with Gasteiger partial charge in [-0.15, -0.1) is 0 Å². The Hall–Kier alpha value is -3.17. The fourth-order valence-electron chi connectivity index (χ4n) is 3.79. The zero-order chi connectivity index (χ0) is 22.7. The van der Waals surface area contributed by atoms with Crippen molar-refractivity contribution in [3.05, 3.63) is 42.5 Å². The van der Waals surface area contributed by atoms with E-state index in [2.05, 4.69) is 4.98 Å². The smallest absolute Gasteiger partial charge is 0.234 e. The van der Waals surface area contributed by atoms with Crippen molar-refractivity contribution in [1.29, 1.82) is 0 Å². The number of carbonyl (C=O) groups is 2. The first-order valence-corrected chi connectivity index (χ1v) is 11.1. The van der Waals surface area contributed by atoms with Crippen molar-refractivity contribution in [3.63, 3.8) is 0 Å². The van der Waals surface area contributed by atoms with Crippen molar-refractivity contribution < 1.29 is 23.8 Å². The fraction of sp³-hybridized carbons (Fsp3) is 0.348. The van der Waals surface area contributed by atoms with Crippen LogP contribution in [-0.4, -0.2) is 57.8 Å². The van der Waals surface area contributed by atoms with Gasteiger partial charge in [-0.3, -0.25) is 14.5 Å². The minimum Gasteiger partial charge on any atom is -0.493 e. The van der Waals surface area contributed by atoms with E-state index in [-0.39, 0.29) is 18.2 Å². The average molecular weight is 456 g/mol. The molecule has 0 saturated carbocycles. The van der Waals surface area contributed by atoms with Crippen LogP contribution in [0.3, 0.4) is 0 Å². The molecule has 2 amide bonds. The van der Waals surface area contributed by atoms with Crippen LogP contribution in [0.1, 0.15) is 6.42 Å². The van der Waals surface area contributed by atoms with E-state index in [0.717, 1.165) is 10.2 Å². The van der Waals surface area contributed by atoms with E-state index in [0.29, 0.717) is 42.0 Å². The molecule has 1 atom stereocenters. The summed E-state index contributed by atoms with van der Waals surface area (Å²) in [6.45, 7) is 1.04. The van der Waals surface area contributed by atoms with Gasteiger partial charge in [0, 0.05) is 31.8 Å². The Labute approximate surface area is 190 Å². The largest absolute Gasteiger partial charge is 0.493 e. The number of fused-ring (bicyclic) bond motifs is 1. The van der Waals surface area contributed by atoms with Crippen LogP contribution in [0.4, 0.5) is 10.8 Å². The number of methoxy groups -OCH3 is 3. The van der Waals surface area contributed by atoms with Gasteiger partial charge >= 0.3 is 0 Å². The highest BCUT2D eigenvalue weighted by atomic mass is 32.1. The normalized spacial score (nSPS) is 15.9. The predicted octanol–water partition coefficient (Wildman–Crippen LogP) is 3.35. The van der Waals surface area contributed by atoms with E-state index in [9.17, 15) is 9.59 Å². The maximum Gasteiger partial charge on any atom is 0.234 e. The van der Waals surface area contributed by atoms with Gasteiger partial charge in [-0.1, -0.05) is 23.5 Å². The van der Waals surface area contributed by atoms with Crippen LogP contribution in [0.5, 0.6) is 11.5 Å². The first-order chi connectivity index (χ1) is 15.5. The first kappa shape index (κ1) is 22.0. The third-order valence-corrected chi connectivity index (χ3v) is 6.51. The van der Waals surface area contributed by atoms with Crippen molar-refractivity contribution in [1.82, 2.24) is 4.98 Å². The van der Waals surface area contributed by atoms with Gasteiger partial charge in [-0.05, 0) is 24.3 Å². The highest BCUT2D eigenvalue weighted by molar-refractivity contribution is 7.22. The molecule has 9 heteroatoms. The molecule has 0 bridgehead atoms. The molecule has 1 saturated heterocycles. The van der Waals surface area contributed by atoms with Crippen LogP contribution in [0.25, 0.3) is 10.2 Å². The van der Waals surface area contributed by atoms with Crippen molar-refractivity contribution in [2.75, 3.05) is 50.8 Å². The molecule has 8 nitrogen and oxygen atoms in total. The van der Waals surface area contributed by atoms with Crippen LogP contribution < -0.4 is 19.3 Å². The van der Waals surface area contributed by atoms with Gasteiger partial charge in [0.1, 0.15) is 0 Å². The summed E-state index contributed by atoms with van der Waals surface area (Å²) in [6.07, 6.45) is 0.140. The minimum absolute atomic E-state index is 0.105. The quantitative estimate of drug-likeness (QED) is 0.518. The predicted molar refractivity (Wildman–Crippen MR) is 124 cm³/mol. The van der Waals surface area contributed by atoms with E-state index in [1.165, 1.54) is 11.3 Å². The van der Waals surface area contributed by atoms with Gasteiger partial charge in [-0.25, -0.2) is 4.98 Å². The molecule has 0 N–H and O–H groups in total. The third-order valence-electron chi connectivity index (χ3n) is 5.45. The number of thiazole rings is 1. The van der Waals surface area contributed by atoms with Crippen molar-refractivity contribution >= 4 is 44.2 Å². The van der Waals surface area contributed by atoms with Gasteiger partial charge < -0.3 is 19.1 Å². The molecule has 2 aromatic carbocycles. The molecule has 4 rings (SSSR count). The maximum absolute atomic E-state index is 13.5. The summed E-state index contributed by atoms with van der Waals surface area (Å²) < 4.78 is 16.9. The van der Waals surface area contributed by atoms with E-state index in [1.807, 2.05) is 24.3 Å². The summed E-state index contributed by atoms with van der Waals surface area (Å²) in [5.41, 5.74) is 1.52. The highest BCUT2D eigenvalue weighted by Gasteiger charge is 2.38. The molecule has 0 radical (unpaired) electrons. The molecule has 1 aromatic heterocycles. The Morgan fingerprint density at radius 3 is 2.66 bits per heavy atom. The van der Waals surface area contributed by atoms with Crippen molar-refractivity contribution in [3.8, 4) is 11.5 Å². The van der Waals surface area contributed by atoms with E-state index in [1.54, 1.807) is 49.3 Å². The number of carbonyl (C=O) groups excluding carboxylic acids is 2. The molecule has 0 aliphatic carbocycles. The van der Waals surface area contributed by atoms with E-state index in [4.69, 9.17) is 14.2 Å². The molecule has 32 heavy (non-hydrogen) atoms. The number of amides is 2. The second-order valence-electron chi connectivity index (χ2n) is 7.39. The van der Waals surface area contributed by atoms with Gasteiger partial charge in [0.25, 0.3) is 0 Å². The summed E-state index contributed by atoms with van der Waals surface area (Å²) >= 11 is 1.46. The molecule has 3 aromatic rings. The summed E-state index contributed by atoms with van der Waals surface area (Å²) in [6, 6.07) is 13.1. The Kier molecular flexibility index (Phi) is 6.57. The summed E-state index contributed by atoms with van der Waals surface area (Å²) in [5.74, 6) is 0.407. The fourth-order valence-corrected chi connectivity index (χ4v) is 4.79. The number of nitrogens with zero attached hydrogens (tertiary/aromatic N) is 3. The van der Waals surface area contributed by atoms with Gasteiger partial charge in [0.15, 0.2) is 16.6 Å². The molecular weight excluding hydrogens is 430 g/mol. The number of rotatable bonds is 8. The Bertz CT molecular complexity index is 1100. The maximum atomic E-state index is 13.5. The Balaban J connectivity index is 1.57. The lowest BCUT2D eigenvalue weighted by atomic mass is 10.1. The lowest BCUT2D eigenvalue weighted by Crippen LogP contribution is -2.39. The Morgan fingerprint density at radius 2 is 1.94 bits per heavy atom. The number of aromatic nitrogens is 1. The topological polar surface area (TPSA) is 81.2 Å². The van der Waals surface area contributed by atoms with Crippen LogP contribution >= 0.6 is 11.3 Å². The third kappa shape index (κ3) is 4.26. The molecular formula is C23H25N3O5S. The lowest BCUT2D eigenvalue weighted by molar-refractivity contribution is -0.124. The number of hydrogen-bond acceptors (Lipinski definition) is 7. The molecule has 1 fully saturated rings.